The van der Waals surface area contributed by atoms with Crippen LogP contribution in [0.3, 0.4) is 0 Å². The molecule has 1 aliphatic heterocycles. The van der Waals surface area contributed by atoms with Crippen LogP contribution in [0, 0.1) is 17.6 Å². The number of nitrogens with one attached hydrogen (secondary N) is 1. The van der Waals surface area contributed by atoms with E-state index in [1.807, 2.05) is 0 Å². The number of methoxy groups -OCH3 is 1. The van der Waals surface area contributed by atoms with E-state index in [9.17, 15) is 31.3 Å². The average molecular weight is 522 g/mol. The van der Waals surface area contributed by atoms with Gasteiger partial charge < -0.3 is 19.3 Å². The highest BCUT2D eigenvalue weighted by Crippen LogP contribution is 2.55. The van der Waals surface area contributed by atoms with Crippen LogP contribution in [0.15, 0.2) is 30.5 Å². The monoisotopic (exact) mass is 521 g/mol. The molecule has 7 nitrogen and oxygen atoms in total. The lowest BCUT2D eigenvalue weighted by molar-refractivity contribution is -0.272. The number of halogens is 5. The molecule has 13 heteroatoms. The van der Waals surface area contributed by atoms with Gasteiger partial charge in [-0.05, 0) is 19.1 Å². The van der Waals surface area contributed by atoms with Crippen LogP contribution in [0.25, 0.3) is 0 Å². The van der Waals surface area contributed by atoms with Gasteiger partial charge >= 0.3 is 6.18 Å². The fourth-order valence-corrected chi connectivity index (χ4v) is 4.42. The number of anilines is 2. The third-order valence-electron chi connectivity index (χ3n) is 6.29. The molecular formula is C22H24F5N3O4S. The maximum atomic E-state index is 14.4. The number of hydrogen-bond donors (Lipinski definition) is 1. The molecule has 0 bridgehead atoms. The van der Waals surface area contributed by atoms with Crippen molar-refractivity contribution in [3.63, 3.8) is 0 Å². The van der Waals surface area contributed by atoms with Crippen LogP contribution in [0.1, 0.15) is 25.3 Å². The van der Waals surface area contributed by atoms with E-state index in [4.69, 9.17) is 9.47 Å². The van der Waals surface area contributed by atoms with Crippen molar-refractivity contribution in [1.82, 2.24) is 4.98 Å². The Morgan fingerprint density at radius 3 is 2.54 bits per heavy atom. The zero-order valence-corrected chi connectivity index (χ0v) is 20.3. The number of ether oxygens (including phenoxy) is 2. The van der Waals surface area contributed by atoms with E-state index in [-0.39, 0.29) is 17.1 Å². The second-order valence-corrected chi connectivity index (χ2v) is 9.65. The summed E-state index contributed by atoms with van der Waals surface area (Å²) in [6.45, 7) is 2.03. The summed E-state index contributed by atoms with van der Waals surface area (Å²) < 4.78 is 93.6. The molecule has 0 aliphatic carbocycles. The summed E-state index contributed by atoms with van der Waals surface area (Å²) in [6.07, 6.45) is -3.87. The normalized spacial score (nSPS) is 25.3. The average Bonchev–Trinajstić information content (AvgIpc) is 3.07. The Labute approximate surface area is 201 Å². The molecule has 2 aromatic rings. The molecule has 35 heavy (non-hydrogen) atoms. The van der Waals surface area contributed by atoms with Gasteiger partial charge in [0.05, 0.1) is 25.5 Å². The van der Waals surface area contributed by atoms with Crippen molar-refractivity contribution >= 4 is 28.8 Å². The second-order valence-electron chi connectivity index (χ2n) is 8.25. The summed E-state index contributed by atoms with van der Waals surface area (Å²) in [5, 5.41) is 2.49. The van der Waals surface area contributed by atoms with Gasteiger partial charge in [0.25, 0.3) is 5.91 Å². The van der Waals surface area contributed by atoms with E-state index < -0.39 is 64.4 Å². The molecule has 1 fully saturated rings. The van der Waals surface area contributed by atoms with E-state index in [0.29, 0.717) is 0 Å². The van der Waals surface area contributed by atoms with Crippen molar-refractivity contribution < 1.29 is 40.8 Å². The highest BCUT2D eigenvalue weighted by atomic mass is 32.2. The molecule has 3 rings (SSSR count). The number of pyridine rings is 1. The number of hydrogen-bond acceptors (Lipinski definition) is 6. The summed E-state index contributed by atoms with van der Waals surface area (Å²) >= 11 is -1.42. The summed E-state index contributed by atoms with van der Waals surface area (Å²) in [7, 11) is 2.55. The number of carbonyl (C=O) groups is 1. The third kappa shape index (κ3) is 4.89. The first-order valence-corrected chi connectivity index (χ1v) is 11.8. The smallest absolute Gasteiger partial charge is 0.417 e. The molecule has 0 saturated carbocycles. The van der Waals surface area contributed by atoms with Crippen LogP contribution in [0.2, 0.25) is 0 Å². The Kier molecular flexibility index (Phi) is 7.53. The number of nitrogens with zero attached hydrogens (tertiary/aromatic N) is 2. The van der Waals surface area contributed by atoms with Crippen LogP contribution >= 0.6 is 0 Å². The van der Waals surface area contributed by atoms with Crippen molar-refractivity contribution in [2.24, 2.45) is 5.92 Å². The fourth-order valence-electron chi connectivity index (χ4n) is 4.05. The lowest BCUT2D eigenvalue weighted by Crippen LogP contribution is -2.47. The maximum absolute atomic E-state index is 14.4. The molecule has 0 radical (unpaired) electrons. The summed E-state index contributed by atoms with van der Waals surface area (Å²) in [5.74, 6) is -6.66. The van der Waals surface area contributed by atoms with Crippen LogP contribution in [-0.2, 0) is 20.9 Å². The largest absolute Gasteiger partial charge is 0.593 e. The SMILES string of the molecule is COc1c([C@H]2[C@H](C(=O)Nc3ccnc(N(C)[S+](C)[O-])c3)O[C@@](C)(C(F)(F)F)[C@H]2C)ccc(F)c1F. The molecule has 1 aromatic heterocycles. The molecule has 1 amide bonds. The third-order valence-corrected chi connectivity index (χ3v) is 7.25. The molecule has 1 aliphatic rings. The van der Waals surface area contributed by atoms with Gasteiger partial charge in [0.15, 0.2) is 23.0 Å². The molecule has 5 atom stereocenters. The fraction of sp³-hybridized carbons (Fsp3) is 0.455. The number of aromatic nitrogens is 1. The molecule has 0 spiro atoms. The Bertz CT molecular complexity index is 1100. The molecule has 192 valence electrons. The van der Waals surface area contributed by atoms with Crippen molar-refractivity contribution in [3.8, 4) is 5.75 Å². The van der Waals surface area contributed by atoms with Gasteiger partial charge in [-0.3, -0.25) is 4.79 Å². The van der Waals surface area contributed by atoms with Crippen LogP contribution in [0.4, 0.5) is 33.5 Å². The minimum absolute atomic E-state index is 0.136. The summed E-state index contributed by atoms with van der Waals surface area (Å²) in [6, 6.07) is 4.62. The second kappa shape index (κ2) is 9.78. The van der Waals surface area contributed by atoms with Gasteiger partial charge in [-0.2, -0.15) is 21.9 Å². The summed E-state index contributed by atoms with van der Waals surface area (Å²) in [5.41, 5.74) is -2.74. The van der Waals surface area contributed by atoms with E-state index in [0.717, 1.165) is 26.2 Å². The van der Waals surface area contributed by atoms with Crippen molar-refractivity contribution in [2.75, 3.05) is 30.0 Å². The van der Waals surface area contributed by atoms with E-state index in [1.165, 1.54) is 42.9 Å². The molecule has 1 saturated heterocycles. The maximum Gasteiger partial charge on any atom is 0.417 e. The van der Waals surface area contributed by atoms with Gasteiger partial charge in [0, 0.05) is 35.3 Å². The van der Waals surface area contributed by atoms with Gasteiger partial charge in [0.2, 0.25) is 5.82 Å². The highest BCUT2D eigenvalue weighted by Gasteiger charge is 2.65. The van der Waals surface area contributed by atoms with Crippen molar-refractivity contribution in [1.29, 1.82) is 0 Å². The Morgan fingerprint density at radius 2 is 1.97 bits per heavy atom. The van der Waals surface area contributed by atoms with E-state index in [2.05, 4.69) is 10.3 Å². The van der Waals surface area contributed by atoms with Crippen molar-refractivity contribution in [2.45, 2.75) is 37.6 Å². The molecular weight excluding hydrogens is 497 g/mol. The van der Waals surface area contributed by atoms with Gasteiger partial charge in [-0.25, -0.2) is 9.37 Å². The van der Waals surface area contributed by atoms with E-state index >= 15 is 0 Å². The Morgan fingerprint density at radius 1 is 1.31 bits per heavy atom. The molecule has 2 heterocycles. The zero-order valence-electron chi connectivity index (χ0n) is 19.4. The van der Waals surface area contributed by atoms with Gasteiger partial charge in [0.1, 0.15) is 12.4 Å². The number of alkyl halides is 3. The van der Waals surface area contributed by atoms with Crippen molar-refractivity contribution in [3.05, 3.63) is 47.7 Å². The van der Waals surface area contributed by atoms with Crippen LogP contribution in [-0.4, -0.2) is 53.7 Å². The minimum Gasteiger partial charge on any atom is -0.593 e. The minimum atomic E-state index is -4.87. The summed E-state index contributed by atoms with van der Waals surface area (Å²) in [4.78, 5) is 17.3. The predicted octanol–water partition coefficient (Wildman–Crippen LogP) is 4.18. The Hall–Kier alpha value is -2.64. The lowest BCUT2D eigenvalue weighted by atomic mass is 9.77. The standard InChI is InChI=1S/C22H24F5N3O4S/c1-11-16(13-6-7-14(23)17(24)18(13)33-4)19(34-21(11,2)22(25,26)27)20(31)29-12-8-9-28-15(10-12)30(3)35(5)32/h6-11,16,19H,1-5H3,(H,28,29,31)/t11-,16-,19+,21+,35?/m0/s1. The first-order chi connectivity index (χ1) is 16.2. The van der Waals surface area contributed by atoms with Gasteiger partial charge in [-0.1, -0.05) is 13.0 Å². The van der Waals surface area contributed by atoms with E-state index in [1.54, 1.807) is 0 Å². The topological polar surface area (TPSA) is 86.8 Å². The highest BCUT2D eigenvalue weighted by molar-refractivity contribution is 7.92. The zero-order chi connectivity index (χ0) is 26.3. The van der Waals surface area contributed by atoms with Crippen LogP contribution < -0.4 is 14.4 Å². The predicted molar refractivity (Wildman–Crippen MR) is 119 cm³/mol. The number of benzene rings is 1. The molecule has 1 N–H and O–H groups in total. The molecule has 1 unspecified atom stereocenters. The number of rotatable bonds is 6. The first-order valence-electron chi connectivity index (χ1n) is 10.3. The molecule has 1 aromatic carbocycles. The first kappa shape index (κ1) is 27.0. The van der Waals surface area contributed by atoms with Crippen LogP contribution in [0.5, 0.6) is 5.75 Å². The lowest BCUT2D eigenvalue weighted by Gasteiger charge is -2.32. The number of carbonyl (C=O) groups excluding carboxylic acids is 1. The Balaban J connectivity index is 2.04. The van der Waals surface area contributed by atoms with Gasteiger partial charge in [-0.15, -0.1) is 0 Å². The quantitative estimate of drug-likeness (QED) is 0.454. The number of amides is 1.